The largest absolute Gasteiger partial charge is 0.373 e. The fourth-order valence-electron chi connectivity index (χ4n) is 5.30. The molecule has 192 valence electrons. The van der Waals surface area contributed by atoms with Gasteiger partial charge in [0.2, 0.25) is 0 Å². The zero-order chi connectivity index (χ0) is 25.7. The number of rotatable bonds is 4. The normalized spacial score (nSPS) is 19.8. The summed E-state index contributed by atoms with van der Waals surface area (Å²) in [4.78, 5) is 14.0. The van der Waals surface area contributed by atoms with Crippen molar-refractivity contribution in [3.8, 4) is 22.5 Å². The fraction of sp³-hybridized carbons (Fsp3) is 0.308. The van der Waals surface area contributed by atoms with Gasteiger partial charge in [-0.3, -0.25) is 0 Å². The van der Waals surface area contributed by atoms with E-state index in [1.807, 2.05) is 0 Å². The van der Waals surface area contributed by atoms with E-state index in [2.05, 4.69) is 30.5 Å². The molecular weight excluding hydrogens is 488 g/mol. The summed E-state index contributed by atoms with van der Waals surface area (Å²) in [5.74, 6) is -2.32. The molecule has 2 saturated heterocycles. The van der Waals surface area contributed by atoms with Crippen molar-refractivity contribution < 1.29 is 22.3 Å². The van der Waals surface area contributed by atoms with Crippen molar-refractivity contribution in [1.82, 2.24) is 20.3 Å². The van der Waals surface area contributed by atoms with E-state index in [9.17, 15) is 17.6 Å². The van der Waals surface area contributed by atoms with Gasteiger partial charge in [0.05, 0.1) is 29.5 Å². The third-order valence-electron chi connectivity index (χ3n) is 6.92. The molecule has 7 nitrogen and oxygen atoms in total. The number of H-pyrrole nitrogens is 1. The lowest BCUT2D eigenvalue weighted by Gasteiger charge is -2.43. The van der Waals surface area contributed by atoms with Crippen LogP contribution in [0.25, 0.3) is 33.5 Å². The Morgan fingerprint density at radius 1 is 1.05 bits per heavy atom. The summed E-state index contributed by atoms with van der Waals surface area (Å²) in [6, 6.07) is 5.42. The predicted octanol–water partition coefficient (Wildman–Crippen LogP) is 4.46. The van der Waals surface area contributed by atoms with E-state index in [0.717, 1.165) is 25.1 Å². The van der Waals surface area contributed by atoms with Crippen molar-refractivity contribution >= 4 is 22.5 Å². The van der Waals surface area contributed by atoms with Crippen molar-refractivity contribution in [3.63, 3.8) is 0 Å². The number of morpholine rings is 1. The second kappa shape index (κ2) is 9.31. The first-order chi connectivity index (χ1) is 17.9. The summed E-state index contributed by atoms with van der Waals surface area (Å²) in [6.07, 6.45) is 2.23. The Morgan fingerprint density at radius 3 is 2.62 bits per heavy atom. The summed E-state index contributed by atoms with van der Waals surface area (Å²) in [5.41, 5.74) is 2.01. The third-order valence-corrected chi connectivity index (χ3v) is 6.92. The van der Waals surface area contributed by atoms with Crippen LogP contribution in [0.3, 0.4) is 0 Å². The second-order valence-electron chi connectivity index (χ2n) is 9.23. The van der Waals surface area contributed by atoms with Crippen LogP contribution < -0.4 is 15.5 Å². The molecule has 0 amide bonds. The summed E-state index contributed by atoms with van der Waals surface area (Å²) in [6.45, 7) is 2.48. The maximum atomic E-state index is 14.6. The lowest BCUT2D eigenvalue weighted by atomic mass is 9.95. The molecule has 2 aromatic heterocycles. The summed E-state index contributed by atoms with van der Waals surface area (Å²) >= 11 is 0. The van der Waals surface area contributed by atoms with Crippen molar-refractivity contribution in [2.75, 3.05) is 43.5 Å². The minimum atomic E-state index is -0.802. The first-order valence-electron chi connectivity index (χ1n) is 12.0. The van der Waals surface area contributed by atoms with Gasteiger partial charge in [0.25, 0.3) is 0 Å². The predicted molar refractivity (Wildman–Crippen MR) is 133 cm³/mol. The highest BCUT2D eigenvalue weighted by Crippen LogP contribution is 2.44. The second-order valence-corrected chi connectivity index (χ2v) is 9.23. The number of aromatic amines is 1. The SMILES string of the molecule is CNc1ncc(-c2cc(F)cc(F)c2)c(N2CC[C@@H]3NCCO[C@H]3C2)c1-c1nc2c(F)cc(F)cc2[nH]1. The Bertz CT molecular complexity index is 1470. The van der Waals surface area contributed by atoms with E-state index < -0.39 is 23.3 Å². The number of ether oxygens (including phenoxy) is 1. The smallest absolute Gasteiger partial charge is 0.153 e. The lowest BCUT2D eigenvalue weighted by Crippen LogP contribution is -2.58. The highest BCUT2D eigenvalue weighted by molar-refractivity contribution is 5.96. The molecule has 2 aliphatic rings. The molecule has 0 bridgehead atoms. The van der Waals surface area contributed by atoms with Gasteiger partial charge in [-0.2, -0.15) is 0 Å². The summed E-state index contributed by atoms with van der Waals surface area (Å²) < 4.78 is 63.1. The van der Waals surface area contributed by atoms with Crippen LogP contribution in [-0.2, 0) is 4.74 Å². The lowest BCUT2D eigenvalue weighted by molar-refractivity contribution is -0.00899. The Labute approximate surface area is 209 Å². The number of hydrogen-bond acceptors (Lipinski definition) is 6. The van der Waals surface area contributed by atoms with E-state index in [1.165, 1.54) is 18.2 Å². The Balaban J connectivity index is 1.59. The van der Waals surface area contributed by atoms with Gasteiger partial charge in [-0.1, -0.05) is 0 Å². The Hall–Kier alpha value is -3.70. The van der Waals surface area contributed by atoms with Crippen LogP contribution in [-0.4, -0.2) is 60.4 Å². The van der Waals surface area contributed by atoms with Crippen LogP contribution in [0, 0.1) is 23.3 Å². The molecule has 0 radical (unpaired) electrons. The highest BCUT2D eigenvalue weighted by atomic mass is 19.1. The topological polar surface area (TPSA) is 78.1 Å². The molecule has 11 heteroatoms. The maximum Gasteiger partial charge on any atom is 0.153 e. The molecule has 2 aromatic carbocycles. The molecule has 37 heavy (non-hydrogen) atoms. The highest BCUT2D eigenvalue weighted by Gasteiger charge is 2.35. The van der Waals surface area contributed by atoms with Crippen molar-refractivity contribution in [3.05, 3.63) is 59.8 Å². The number of hydrogen-bond donors (Lipinski definition) is 3. The van der Waals surface area contributed by atoms with Gasteiger partial charge in [0.15, 0.2) is 5.82 Å². The van der Waals surface area contributed by atoms with Gasteiger partial charge in [0.1, 0.15) is 34.6 Å². The van der Waals surface area contributed by atoms with Gasteiger partial charge in [-0.25, -0.2) is 27.5 Å². The monoisotopic (exact) mass is 512 g/mol. The van der Waals surface area contributed by atoms with Crippen LogP contribution in [0.15, 0.2) is 36.5 Å². The van der Waals surface area contributed by atoms with E-state index in [-0.39, 0.29) is 29.0 Å². The van der Waals surface area contributed by atoms with Gasteiger partial charge < -0.3 is 25.3 Å². The van der Waals surface area contributed by atoms with Gasteiger partial charge in [-0.05, 0) is 30.2 Å². The number of nitrogens with one attached hydrogen (secondary N) is 3. The van der Waals surface area contributed by atoms with E-state index in [1.54, 1.807) is 13.2 Å². The van der Waals surface area contributed by atoms with Crippen molar-refractivity contribution in [2.24, 2.45) is 0 Å². The molecule has 0 unspecified atom stereocenters. The molecule has 6 rings (SSSR count). The maximum absolute atomic E-state index is 14.6. The van der Waals surface area contributed by atoms with E-state index in [4.69, 9.17) is 4.74 Å². The molecule has 2 atom stereocenters. The minimum absolute atomic E-state index is 0.0230. The number of imidazole rings is 1. The van der Waals surface area contributed by atoms with Crippen LogP contribution in [0.2, 0.25) is 0 Å². The number of nitrogens with zero attached hydrogens (tertiary/aromatic N) is 3. The van der Waals surface area contributed by atoms with Crippen molar-refractivity contribution in [2.45, 2.75) is 18.6 Å². The molecule has 2 fully saturated rings. The minimum Gasteiger partial charge on any atom is -0.373 e. The molecule has 0 spiro atoms. The fourth-order valence-corrected chi connectivity index (χ4v) is 5.30. The average Bonchev–Trinajstić information content (AvgIpc) is 3.31. The summed E-state index contributed by atoms with van der Waals surface area (Å²) in [5, 5.41) is 6.53. The Morgan fingerprint density at radius 2 is 1.84 bits per heavy atom. The number of benzene rings is 2. The zero-order valence-corrected chi connectivity index (χ0v) is 19.9. The van der Waals surface area contributed by atoms with Crippen LogP contribution in [0.4, 0.5) is 29.1 Å². The van der Waals surface area contributed by atoms with Gasteiger partial charge in [0, 0.05) is 56.6 Å². The number of anilines is 2. The van der Waals surface area contributed by atoms with Crippen LogP contribution >= 0.6 is 0 Å². The van der Waals surface area contributed by atoms with Crippen molar-refractivity contribution in [1.29, 1.82) is 0 Å². The third kappa shape index (κ3) is 4.27. The standard InChI is InChI=1S/C26H24F4N6O/c1-31-25-22(26-34-20-10-16(29)9-18(30)23(20)35-26)24(36-4-2-19-21(12-36)37-5-3-32-19)17(11-33-25)13-6-14(27)8-15(28)7-13/h6-11,19,21,32H,2-5,12H2,1H3,(H,31,33)(H,34,35)/t19-,21-/m0/s1. The van der Waals surface area contributed by atoms with E-state index in [0.29, 0.717) is 47.9 Å². The Kier molecular flexibility index (Phi) is 5.96. The zero-order valence-electron chi connectivity index (χ0n) is 19.9. The molecule has 0 aliphatic carbocycles. The molecular formula is C26H24F4N6O. The number of fused-ring (bicyclic) bond motifs is 2. The molecule has 3 N–H and O–H groups in total. The molecule has 2 aliphatic heterocycles. The molecule has 0 saturated carbocycles. The first kappa shape index (κ1) is 23.7. The quantitative estimate of drug-likeness (QED) is 0.351. The number of aromatic nitrogens is 3. The van der Waals surface area contributed by atoms with Crippen LogP contribution in [0.5, 0.6) is 0 Å². The number of piperidine rings is 1. The molecule has 4 heterocycles. The average molecular weight is 513 g/mol. The van der Waals surface area contributed by atoms with E-state index >= 15 is 0 Å². The number of pyridine rings is 1. The first-order valence-corrected chi connectivity index (χ1v) is 12.0. The van der Waals surface area contributed by atoms with Gasteiger partial charge in [-0.15, -0.1) is 0 Å². The molecule has 4 aromatic rings. The number of halogens is 4. The van der Waals surface area contributed by atoms with Gasteiger partial charge >= 0.3 is 0 Å². The van der Waals surface area contributed by atoms with Crippen LogP contribution in [0.1, 0.15) is 6.42 Å². The summed E-state index contributed by atoms with van der Waals surface area (Å²) in [7, 11) is 1.68.